The smallest absolute Gasteiger partial charge is 0.166 e. The highest BCUT2D eigenvalue weighted by molar-refractivity contribution is 5.87. The second-order valence-corrected chi connectivity index (χ2v) is 9.51. The Balaban J connectivity index is 1.71. The van der Waals surface area contributed by atoms with Crippen LogP contribution in [0.2, 0.25) is 0 Å². The lowest BCUT2D eigenvalue weighted by atomic mass is 9.46. The molecular weight excluding hydrogens is 324 g/mol. The predicted molar refractivity (Wildman–Crippen MR) is 100 cm³/mol. The van der Waals surface area contributed by atoms with Crippen molar-refractivity contribution in [3.8, 4) is 12.3 Å². The predicted octanol–water partition coefficient (Wildman–Crippen LogP) is 3.70. The molecule has 0 heterocycles. The molecule has 0 radical (unpaired) electrons. The molecule has 0 aromatic rings. The summed E-state index contributed by atoms with van der Waals surface area (Å²) in [6.07, 6.45) is 14.1. The van der Waals surface area contributed by atoms with Gasteiger partial charge in [0.1, 0.15) is 11.9 Å². The molecule has 7 atom stereocenters. The minimum Gasteiger partial charge on any atom is -0.381 e. The van der Waals surface area contributed by atoms with Crippen molar-refractivity contribution >= 4 is 11.6 Å². The molecule has 1 unspecified atom stereocenters. The molecule has 0 aliphatic heterocycles. The van der Waals surface area contributed by atoms with Crippen LogP contribution in [-0.2, 0) is 9.59 Å². The first-order valence-corrected chi connectivity index (χ1v) is 10.2. The molecular formula is C23H30O3. The second-order valence-electron chi connectivity index (χ2n) is 9.51. The van der Waals surface area contributed by atoms with E-state index in [2.05, 4.69) is 12.8 Å². The number of Topliss-reactive ketones (excluding diaryl/α,β-unsaturated/α-hetero) is 2. The molecule has 0 bridgehead atoms. The number of fused-ring (bicyclic) bond motifs is 5. The topological polar surface area (TPSA) is 54.4 Å². The number of carbonyl (C=O) groups is 2. The zero-order chi connectivity index (χ0) is 18.7. The van der Waals surface area contributed by atoms with Gasteiger partial charge in [-0.1, -0.05) is 12.5 Å². The van der Waals surface area contributed by atoms with Crippen molar-refractivity contribution in [3.63, 3.8) is 0 Å². The maximum absolute atomic E-state index is 12.4. The van der Waals surface area contributed by atoms with Gasteiger partial charge in [-0.25, -0.2) is 0 Å². The van der Waals surface area contributed by atoms with Gasteiger partial charge >= 0.3 is 0 Å². The van der Waals surface area contributed by atoms with E-state index in [4.69, 9.17) is 6.42 Å². The molecule has 3 fully saturated rings. The maximum atomic E-state index is 12.4. The molecule has 3 nitrogen and oxygen atoms in total. The number of terminal acetylenes is 1. The molecule has 4 rings (SSSR count). The molecule has 0 aromatic heterocycles. The van der Waals surface area contributed by atoms with Gasteiger partial charge in [-0.3, -0.25) is 9.59 Å². The zero-order valence-electron chi connectivity index (χ0n) is 16.0. The van der Waals surface area contributed by atoms with Crippen molar-refractivity contribution < 1.29 is 14.7 Å². The fourth-order valence-electron chi connectivity index (χ4n) is 7.55. The molecule has 0 amide bonds. The molecule has 26 heavy (non-hydrogen) atoms. The van der Waals surface area contributed by atoms with Crippen LogP contribution in [0.3, 0.4) is 0 Å². The monoisotopic (exact) mass is 354 g/mol. The zero-order valence-corrected chi connectivity index (χ0v) is 16.0. The molecule has 1 N–H and O–H groups in total. The summed E-state index contributed by atoms with van der Waals surface area (Å²) in [5.41, 5.74) is 1.16. The van der Waals surface area contributed by atoms with Crippen LogP contribution >= 0.6 is 0 Å². The summed E-state index contributed by atoms with van der Waals surface area (Å²) < 4.78 is 0. The lowest BCUT2D eigenvalue weighted by Crippen LogP contribution is -2.53. The fraction of sp³-hybridized carbons (Fsp3) is 0.739. The normalized spacial score (nSPS) is 47.2. The van der Waals surface area contributed by atoms with Gasteiger partial charge in [-0.15, -0.1) is 12.3 Å². The van der Waals surface area contributed by atoms with Gasteiger partial charge in [-0.05, 0) is 80.1 Å². The van der Waals surface area contributed by atoms with Gasteiger partial charge in [0.25, 0.3) is 0 Å². The van der Waals surface area contributed by atoms with Crippen LogP contribution in [0.1, 0.15) is 65.2 Å². The van der Waals surface area contributed by atoms with E-state index in [-0.39, 0.29) is 22.5 Å². The van der Waals surface area contributed by atoms with Gasteiger partial charge in [0.2, 0.25) is 0 Å². The summed E-state index contributed by atoms with van der Waals surface area (Å²) >= 11 is 0. The molecule has 140 valence electrons. The number of ketones is 2. The first kappa shape index (κ1) is 18.0. The fourth-order valence-corrected chi connectivity index (χ4v) is 7.55. The van der Waals surface area contributed by atoms with Gasteiger partial charge in [0, 0.05) is 18.8 Å². The maximum Gasteiger partial charge on any atom is 0.166 e. The quantitative estimate of drug-likeness (QED) is 0.608. The molecule has 0 aromatic carbocycles. The summed E-state index contributed by atoms with van der Waals surface area (Å²) in [4.78, 5) is 24.7. The van der Waals surface area contributed by atoms with E-state index in [1.54, 1.807) is 6.92 Å². The van der Waals surface area contributed by atoms with Gasteiger partial charge < -0.3 is 5.11 Å². The third-order valence-electron chi connectivity index (χ3n) is 8.60. The van der Waals surface area contributed by atoms with Crippen molar-refractivity contribution in [2.75, 3.05) is 0 Å². The number of rotatable bonds is 2. The third kappa shape index (κ3) is 2.31. The number of aliphatic hydroxyl groups is 1. The Morgan fingerprint density at radius 3 is 2.77 bits per heavy atom. The molecule has 0 spiro atoms. The first-order valence-electron chi connectivity index (χ1n) is 10.2. The average molecular weight is 354 g/mol. The van der Waals surface area contributed by atoms with Crippen LogP contribution in [0.5, 0.6) is 0 Å². The van der Waals surface area contributed by atoms with E-state index in [1.807, 2.05) is 6.08 Å². The minimum atomic E-state index is -0.910. The Bertz CT molecular complexity index is 713. The summed E-state index contributed by atoms with van der Waals surface area (Å²) in [7, 11) is 0. The van der Waals surface area contributed by atoms with Crippen molar-refractivity contribution in [1.29, 1.82) is 0 Å². The summed E-state index contributed by atoms with van der Waals surface area (Å²) in [6, 6.07) is 0. The Labute approximate surface area is 156 Å². The van der Waals surface area contributed by atoms with Crippen LogP contribution in [0.15, 0.2) is 11.6 Å². The molecule has 4 aliphatic rings. The summed E-state index contributed by atoms with van der Waals surface area (Å²) in [6.45, 7) is 3.98. The number of aliphatic hydroxyl groups excluding tert-OH is 1. The van der Waals surface area contributed by atoms with E-state index in [0.29, 0.717) is 36.4 Å². The number of allylic oxidation sites excluding steroid dienone is 1. The molecule has 3 saturated carbocycles. The summed E-state index contributed by atoms with van der Waals surface area (Å²) in [5, 5.41) is 10.00. The number of hydrogen-bond donors (Lipinski definition) is 1. The Kier molecular flexibility index (Phi) is 4.19. The Hall–Kier alpha value is -1.40. The van der Waals surface area contributed by atoms with Gasteiger partial charge in [-0.2, -0.15) is 0 Å². The standard InChI is InChI=1S/C23H30O3/c1-4-10-23-11-9-18-16(19(23)8-7-17(23)14(2)24)6-5-15-12-20(25)21(26)13-22(15,18)3/h1,12,16-20,25H,5-11,13H2,2-3H3/t16-,17-,18+,19+,20?,22+,23-/m1/s1. The first-order chi connectivity index (χ1) is 12.3. The molecule has 3 heteroatoms. The molecule has 4 aliphatic carbocycles. The highest BCUT2D eigenvalue weighted by Gasteiger charge is 2.61. The van der Waals surface area contributed by atoms with Crippen molar-refractivity contribution in [1.82, 2.24) is 0 Å². The van der Waals surface area contributed by atoms with Crippen LogP contribution < -0.4 is 0 Å². The van der Waals surface area contributed by atoms with Crippen LogP contribution in [0.25, 0.3) is 0 Å². The Morgan fingerprint density at radius 1 is 1.31 bits per heavy atom. The van der Waals surface area contributed by atoms with Crippen molar-refractivity contribution in [2.24, 2.45) is 34.5 Å². The SMILES string of the molecule is C#CC[C@]12CC[C@H]3[C@@H](CCC4=CC(O)C(=O)C[C@@]43C)[C@@H]1CC[C@@H]2C(C)=O. The van der Waals surface area contributed by atoms with Crippen LogP contribution in [0.4, 0.5) is 0 Å². The lowest BCUT2D eigenvalue weighted by molar-refractivity contribution is -0.133. The van der Waals surface area contributed by atoms with Crippen LogP contribution in [0, 0.1) is 46.8 Å². The second kappa shape index (κ2) is 6.06. The summed E-state index contributed by atoms with van der Waals surface area (Å²) in [5.74, 6) is 4.82. The number of carbonyl (C=O) groups excluding carboxylic acids is 2. The minimum absolute atomic E-state index is 0.0164. The number of hydrogen-bond acceptors (Lipinski definition) is 3. The molecule has 0 saturated heterocycles. The van der Waals surface area contributed by atoms with Crippen molar-refractivity contribution in [2.45, 2.75) is 71.3 Å². The van der Waals surface area contributed by atoms with Gasteiger partial charge in [0.15, 0.2) is 5.78 Å². The third-order valence-corrected chi connectivity index (χ3v) is 8.60. The van der Waals surface area contributed by atoms with E-state index in [0.717, 1.165) is 38.5 Å². The van der Waals surface area contributed by atoms with E-state index < -0.39 is 6.10 Å². The average Bonchev–Trinajstić information content (AvgIpc) is 2.96. The van der Waals surface area contributed by atoms with E-state index in [9.17, 15) is 14.7 Å². The van der Waals surface area contributed by atoms with E-state index >= 15 is 0 Å². The highest BCUT2D eigenvalue weighted by atomic mass is 16.3. The largest absolute Gasteiger partial charge is 0.381 e. The Morgan fingerprint density at radius 2 is 2.08 bits per heavy atom. The van der Waals surface area contributed by atoms with Gasteiger partial charge in [0.05, 0.1) is 0 Å². The van der Waals surface area contributed by atoms with E-state index in [1.165, 1.54) is 5.57 Å². The highest BCUT2D eigenvalue weighted by Crippen LogP contribution is 2.67. The van der Waals surface area contributed by atoms with Crippen molar-refractivity contribution in [3.05, 3.63) is 11.6 Å². The lowest BCUT2D eigenvalue weighted by Gasteiger charge is -2.58. The van der Waals surface area contributed by atoms with Crippen LogP contribution in [-0.4, -0.2) is 22.8 Å².